The van der Waals surface area contributed by atoms with Crippen molar-refractivity contribution >= 4 is 21.9 Å². The molecule has 0 unspecified atom stereocenters. The summed E-state index contributed by atoms with van der Waals surface area (Å²) in [6.45, 7) is 0. The molecule has 0 radical (unpaired) electrons. The van der Waals surface area contributed by atoms with Gasteiger partial charge in [-0.25, -0.2) is 15.0 Å². The monoisotopic (exact) mass is 789 g/mol. The highest BCUT2D eigenvalue weighted by Crippen LogP contribution is 2.63. The number of hydrogen-bond donors (Lipinski definition) is 0. The van der Waals surface area contributed by atoms with Gasteiger partial charge in [-0.1, -0.05) is 194 Å². The van der Waals surface area contributed by atoms with Crippen LogP contribution in [0.2, 0.25) is 0 Å². The van der Waals surface area contributed by atoms with Crippen LogP contribution in [0.4, 0.5) is 0 Å². The highest BCUT2D eigenvalue weighted by molar-refractivity contribution is 6.13. The predicted molar refractivity (Wildman–Crippen MR) is 251 cm³/mol. The van der Waals surface area contributed by atoms with Crippen LogP contribution in [-0.2, 0) is 5.41 Å². The van der Waals surface area contributed by atoms with Crippen molar-refractivity contribution in [3.8, 4) is 78.7 Å². The normalized spacial score (nSPS) is 13.0. The second-order valence-corrected chi connectivity index (χ2v) is 16.2. The van der Waals surface area contributed by atoms with E-state index in [1.54, 1.807) is 0 Å². The number of benzene rings is 9. The third-order valence-corrected chi connectivity index (χ3v) is 13.0. The van der Waals surface area contributed by atoms with Crippen molar-refractivity contribution in [2.45, 2.75) is 5.41 Å². The van der Waals surface area contributed by atoms with Gasteiger partial charge in [-0.05, 0) is 85.0 Å². The highest BCUT2D eigenvalue weighted by atomic mass is 16.3. The summed E-state index contributed by atoms with van der Waals surface area (Å²) in [6.07, 6.45) is 0. The minimum Gasteiger partial charge on any atom is -0.456 e. The van der Waals surface area contributed by atoms with Gasteiger partial charge < -0.3 is 4.42 Å². The molecular formula is C58H35N3O. The molecule has 0 fully saturated rings. The Balaban J connectivity index is 1.03. The molecule has 288 valence electrons. The molecule has 2 heterocycles. The SMILES string of the molecule is c1ccc(-c2ccc(-c3nc(-c4ccc5c(c4)oc4cccc(-c6ccccc6)c45)nc(-c4cccc5c4-c4ccccc4C54c5ccccc5-c5ccccc54)n3)cc2)cc1. The summed E-state index contributed by atoms with van der Waals surface area (Å²) in [5.74, 6) is 1.81. The van der Waals surface area contributed by atoms with Crippen LogP contribution in [-0.4, -0.2) is 15.0 Å². The summed E-state index contributed by atoms with van der Waals surface area (Å²) in [4.78, 5) is 16.0. The topological polar surface area (TPSA) is 51.8 Å². The second kappa shape index (κ2) is 13.4. The molecule has 11 aromatic rings. The average molecular weight is 790 g/mol. The third kappa shape index (κ3) is 4.98. The molecule has 9 aromatic carbocycles. The first-order chi connectivity index (χ1) is 30.7. The standard InChI is InChI=1S/C58H35N3O/c1-3-15-36(16-4-1)37-29-31-39(32-30-37)55-59-56(40-33-34-45-52(35-40)62-51-28-14-22-41(54(45)51)38-17-5-2-6-18-38)61-57(60-55)46-23-13-27-50-53(46)44-21-9-12-26-49(44)58(50)47-24-10-7-19-42(47)43-20-8-11-25-48(43)58/h1-35H. The van der Waals surface area contributed by atoms with Crippen LogP contribution in [0.3, 0.4) is 0 Å². The minimum absolute atomic E-state index is 0.480. The van der Waals surface area contributed by atoms with Crippen LogP contribution in [0.5, 0.6) is 0 Å². The summed E-state index contributed by atoms with van der Waals surface area (Å²) in [5.41, 5.74) is 18.5. The number of aromatic nitrogens is 3. The molecule has 62 heavy (non-hydrogen) atoms. The van der Waals surface area contributed by atoms with E-state index in [-0.39, 0.29) is 0 Å². The fourth-order valence-corrected chi connectivity index (χ4v) is 10.4. The van der Waals surface area contributed by atoms with Crippen LogP contribution in [0.15, 0.2) is 217 Å². The van der Waals surface area contributed by atoms with Crippen molar-refractivity contribution in [3.05, 3.63) is 235 Å². The van der Waals surface area contributed by atoms with Crippen LogP contribution in [0.25, 0.3) is 101 Å². The highest BCUT2D eigenvalue weighted by Gasteiger charge is 2.52. The molecule has 1 spiro atoms. The Morgan fingerprint density at radius 1 is 0.306 bits per heavy atom. The molecule has 13 rings (SSSR count). The lowest BCUT2D eigenvalue weighted by molar-refractivity contribution is 0.669. The van der Waals surface area contributed by atoms with Crippen LogP contribution < -0.4 is 0 Å². The average Bonchev–Trinajstić information content (AvgIpc) is 3.98. The molecule has 0 amide bonds. The first-order valence-electron chi connectivity index (χ1n) is 21.1. The zero-order chi connectivity index (χ0) is 40.8. The van der Waals surface area contributed by atoms with Crippen molar-refractivity contribution < 1.29 is 4.42 Å². The van der Waals surface area contributed by atoms with Gasteiger partial charge in [-0.2, -0.15) is 0 Å². The van der Waals surface area contributed by atoms with Gasteiger partial charge >= 0.3 is 0 Å². The van der Waals surface area contributed by atoms with E-state index in [1.807, 2.05) is 18.2 Å². The number of rotatable bonds is 5. The smallest absolute Gasteiger partial charge is 0.164 e. The van der Waals surface area contributed by atoms with E-state index in [1.165, 1.54) is 38.9 Å². The van der Waals surface area contributed by atoms with Gasteiger partial charge in [0.15, 0.2) is 17.5 Å². The molecule has 0 saturated heterocycles. The lowest BCUT2D eigenvalue weighted by Gasteiger charge is -2.30. The molecule has 0 N–H and O–H groups in total. The lowest BCUT2D eigenvalue weighted by atomic mass is 9.70. The number of hydrogen-bond acceptors (Lipinski definition) is 4. The number of furan rings is 1. The van der Waals surface area contributed by atoms with Crippen molar-refractivity contribution in [2.75, 3.05) is 0 Å². The Labute approximate surface area is 358 Å². The molecule has 2 aliphatic carbocycles. The van der Waals surface area contributed by atoms with Gasteiger partial charge in [0, 0.05) is 27.5 Å². The van der Waals surface area contributed by atoms with Gasteiger partial charge in [0.1, 0.15) is 11.2 Å². The van der Waals surface area contributed by atoms with E-state index in [9.17, 15) is 0 Å². The summed E-state index contributed by atoms with van der Waals surface area (Å²) in [7, 11) is 0. The van der Waals surface area contributed by atoms with Crippen molar-refractivity contribution in [1.29, 1.82) is 0 Å². The predicted octanol–water partition coefficient (Wildman–Crippen LogP) is 14.4. The third-order valence-electron chi connectivity index (χ3n) is 13.0. The maximum absolute atomic E-state index is 6.60. The van der Waals surface area contributed by atoms with Gasteiger partial charge in [-0.15, -0.1) is 0 Å². The van der Waals surface area contributed by atoms with Gasteiger partial charge in [-0.3, -0.25) is 0 Å². The maximum Gasteiger partial charge on any atom is 0.164 e. The quantitative estimate of drug-likeness (QED) is 0.174. The van der Waals surface area contributed by atoms with Gasteiger partial charge in [0.05, 0.1) is 5.41 Å². The van der Waals surface area contributed by atoms with Gasteiger partial charge in [0.2, 0.25) is 0 Å². The maximum atomic E-state index is 6.60. The molecule has 4 heteroatoms. The Morgan fingerprint density at radius 3 is 1.50 bits per heavy atom. The van der Waals surface area contributed by atoms with E-state index >= 15 is 0 Å². The zero-order valence-electron chi connectivity index (χ0n) is 33.5. The Morgan fingerprint density at radius 2 is 0.790 bits per heavy atom. The molecule has 4 nitrogen and oxygen atoms in total. The molecular weight excluding hydrogens is 755 g/mol. The Hall–Kier alpha value is -8.21. The Bertz CT molecular complexity index is 3530. The summed E-state index contributed by atoms with van der Waals surface area (Å²) < 4.78 is 6.60. The molecule has 0 saturated carbocycles. The van der Waals surface area contributed by atoms with Crippen LogP contribution in [0.1, 0.15) is 22.3 Å². The Kier molecular flexibility index (Phi) is 7.49. The molecule has 2 aliphatic rings. The van der Waals surface area contributed by atoms with E-state index in [0.717, 1.165) is 66.4 Å². The fourth-order valence-electron chi connectivity index (χ4n) is 10.4. The molecule has 0 atom stereocenters. The minimum atomic E-state index is -0.480. The first-order valence-corrected chi connectivity index (χ1v) is 21.1. The number of nitrogens with zero attached hydrogens (tertiary/aromatic N) is 3. The molecule has 0 bridgehead atoms. The second-order valence-electron chi connectivity index (χ2n) is 16.2. The largest absolute Gasteiger partial charge is 0.456 e. The molecule has 2 aromatic heterocycles. The molecule has 0 aliphatic heterocycles. The van der Waals surface area contributed by atoms with Gasteiger partial charge in [0.25, 0.3) is 0 Å². The summed E-state index contributed by atoms with van der Waals surface area (Å²) >= 11 is 0. The van der Waals surface area contributed by atoms with Crippen LogP contribution >= 0.6 is 0 Å². The fraction of sp³-hybridized carbons (Fsp3) is 0.0172. The number of fused-ring (bicyclic) bond motifs is 13. The van der Waals surface area contributed by atoms with Crippen molar-refractivity contribution in [1.82, 2.24) is 15.0 Å². The van der Waals surface area contributed by atoms with E-state index in [0.29, 0.717) is 17.5 Å². The summed E-state index contributed by atoms with van der Waals surface area (Å²) in [5, 5.41) is 2.15. The van der Waals surface area contributed by atoms with Crippen LogP contribution in [0, 0.1) is 0 Å². The lowest BCUT2D eigenvalue weighted by Crippen LogP contribution is -2.25. The van der Waals surface area contributed by atoms with Crippen molar-refractivity contribution in [3.63, 3.8) is 0 Å². The first kappa shape index (κ1) is 34.6. The zero-order valence-corrected chi connectivity index (χ0v) is 33.5. The van der Waals surface area contributed by atoms with E-state index < -0.39 is 5.41 Å². The van der Waals surface area contributed by atoms with E-state index in [4.69, 9.17) is 19.4 Å². The van der Waals surface area contributed by atoms with E-state index in [2.05, 4.69) is 194 Å². The summed E-state index contributed by atoms with van der Waals surface area (Å²) in [6, 6.07) is 75.4. The van der Waals surface area contributed by atoms with Crippen molar-refractivity contribution in [2.24, 2.45) is 0 Å².